The third-order valence-electron chi connectivity index (χ3n) is 3.76. The first-order valence-corrected chi connectivity index (χ1v) is 9.55. The molecule has 0 saturated heterocycles. The summed E-state index contributed by atoms with van der Waals surface area (Å²) in [5.74, 6) is -0.0710. The van der Waals surface area contributed by atoms with Gasteiger partial charge in [-0.1, -0.05) is 18.2 Å². The van der Waals surface area contributed by atoms with Crippen LogP contribution in [0.4, 0.5) is 9.18 Å². The van der Waals surface area contributed by atoms with Gasteiger partial charge in [-0.2, -0.15) is 0 Å². The van der Waals surface area contributed by atoms with Gasteiger partial charge in [-0.15, -0.1) is 0 Å². The van der Waals surface area contributed by atoms with Crippen molar-refractivity contribution in [1.29, 1.82) is 0 Å². The number of furan rings is 1. The van der Waals surface area contributed by atoms with Crippen molar-refractivity contribution < 1.29 is 26.8 Å². The zero-order valence-electron chi connectivity index (χ0n) is 14.0. The number of ether oxygens (including phenoxy) is 1. The number of benzene rings is 2. The van der Waals surface area contributed by atoms with Crippen molar-refractivity contribution in [3.63, 3.8) is 0 Å². The average Bonchev–Trinajstić information content (AvgIpc) is 3.17. The lowest BCUT2D eigenvalue weighted by Crippen LogP contribution is -2.33. The lowest BCUT2D eigenvalue weighted by atomic mass is 10.3. The molecule has 0 radical (unpaired) electrons. The first-order chi connectivity index (χ1) is 13.0. The van der Waals surface area contributed by atoms with Crippen LogP contribution in [0.25, 0.3) is 0 Å². The molecule has 2 aromatic carbocycles. The van der Waals surface area contributed by atoms with Gasteiger partial charge in [0.1, 0.15) is 22.6 Å². The van der Waals surface area contributed by atoms with Gasteiger partial charge in [-0.05, 0) is 48.5 Å². The van der Waals surface area contributed by atoms with Gasteiger partial charge in [-0.25, -0.2) is 17.6 Å². The van der Waals surface area contributed by atoms with Crippen molar-refractivity contribution in [3.8, 4) is 5.75 Å². The van der Waals surface area contributed by atoms with Crippen LogP contribution in [0.15, 0.2) is 82.3 Å². The molecule has 1 amide bonds. The van der Waals surface area contributed by atoms with Crippen LogP contribution in [0, 0.1) is 5.82 Å². The second-order valence-electron chi connectivity index (χ2n) is 5.59. The highest BCUT2D eigenvalue weighted by molar-refractivity contribution is 7.91. The largest absolute Gasteiger partial charge is 0.468 e. The maximum absolute atomic E-state index is 13.1. The normalized spacial score (nSPS) is 12.3. The molecule has 0 spiro atoms. The monoisotopic (exact) mass is 389 g/mol. The van der Waals surface area contributed by atoms with E-state index in [2.05, 4.69) is 5.32 Å². The van der Waals surface area contributed by atoms with E-state index in [1.54, 1.807) is 36.4 Å². The quantitative estimate of drug-likeness (QED) is 0.650. The molecule has 0 aliphatic rings. The van der Waals surface area contributed by atoms with Crippen molar-refractivity contribution >= 4 is 15.9 Å². The van der Waals surface area contributed by atoms with Crippen molar-refractivity contribution in [3.05, 3.63) is 84.6 Å². The van der Waals surface area contributed by atoms with E-state index < -0.39 is 27.0 Å². The number of rotatable bonds is 6. The fourth-order valence-corrected chi connectivity index (χ4v) is 4.02. The summed E-state index contributed by atoms with van der Waals surface area (Å²) in [5, 5.41) is 1.24. The number of sulfone groups is 1. The van der Waals surface area contributed by atoms with E-state index in [-0.39, 0.29) is 17.2 Å². The van der Waals surface area contributed by atoms with Gasteiger partial charge in [0, 0.05) is 6.54 Å². The molecule has 1 N–H and O–H groups in total. The number of carbonyl (C=O) groups excluding carboxylic acids is 1. The van der Waals surface area contributed by atoms with Gasteiger partial charge in [0.15, 0.2) is 9.84 Å². The molecule has 140 valence electrons. The Bertz CT molecular complexity index is 986. The number of hydrogen-bond donors (Lipinski definition) is 1. The Hall–Kier alpha value is -3.13. The topological polar surface area (TPSA) is 85.6 Å². The maximum Gasteiger partial charge on any atom is 0.412 e. The molecule has 0 fully saturated rings. The molecule has 0 bridgehead atoms. The molecule has 27 heavy (non-hydrogen) atoms. The number of halogens is 1. The van der Waals surface area contributed by atoms with Crippen LogP contribution >= 0.6 is 0 Å². The van der Waals surface area contributed by atoms with Crippen molar-refractivity contribution in [2.24, 2.45) is 0 Å². The number of carbonyl (C=O) groups is 1. The highest BCUT2D eigenvalue weighted by Gasteiger charge is 2.32. The van der Waals surface area contributed by atoms with Crippen LogP contribution in [-0.4, -0.2) is 21.1 Å². The highest BCUT2D eigenvalue weighted by atomic mass is 32.2. The summed E-state index contributed by atoms with van der Waals surface area (Å²) in [4.78, 5) is 11.9. The highest BCUT2D eigenvalue weighted by Crippen LogP contribution is 2.29. The molecular weight excluding hydrogens is 373 g/mol. The fraction of sp³-hybridized carbons (Fsp3) is 0.105. The number of amides is 1. The Morgan fingerprint density at radius 1 is 1.04 bits per heavy atom. The van der Waals surface area contributed by atoms with Gasteiger partial charge < -0.3 is 14.5 Å². The van der Waals surface area contributed by atoms with Crippen LogP contribution in [0.5, 0.6) is 5.75 Å². The molecule has 3 aromatic rings. The summed E-state index contributed by atoms with van der Waals surface area (Å²) in [6, 6.07) is 15.9. The summed E-state index contributed by atoms with van der Waals surface area (Å²) < 4.78 is 49.3. The SMILES string of the molecule is O=C(NCC(c1ccco1)S(=O)(=O)c1ccc(F)cc1)Oc1ccccc1. The van der Waals surface area contributed by atoms with E-state index in [0.29, 0.717) is 5.75 Å². The van der Waals surface area contributed by atoms with Crippen LogP contribution in [-0.2, 0) is 9.84 Å². The molecule has 0 aliphatic heterocycles. The van der Waals surface area contributed by atoms with Gasteiger partial charge >= 0.3 is 6.09 Å². The molecule has 1 aromatic heterocycles. The fourth-order valence-electron chi connectivity index (χ4n) is 2.43. The van der Waals surface area contributed by atoms with E-state index in [1.807, 2.05) is 0 Å². The minimum atomic E-state index is -3.94. The van der Waals surface area contributed by atoms with Crippen LogP contribution in [0.1, 0.15) is 11.0 Å². The summed E-state index contributed by atoms with van der Waals surface area (Å²) in [6.07, 6.45) is 0.539. The van der Waals surface area contributed by atoms with Gasteiger partial charge in [0.25, 0.3) is 0 Å². The van der Waals surface area contributed by atoms with E-state index in [9.17, 15) is 17.6 Å². The molecule has 0 saturated carbocycles. The second kappa shape index (κ2) is 8.05. The zero-order chi connectivity index (χ0) is 19.3. The smallest absolute Gasteiger partial charge is 0.412 e. The standard InChI is InChI=1S/C19H16FNO5S/c20-14-8-10-16(11-9-14)27(23,24)18(17-7-4-12-25-17)13-21-19(22)26-15-5-2-1-3-6-15/h1-12,18H,13H2,(H,21,22). The first kappa shape index (κ1) is 18.7. The first-order valence-electron chi connectivity index (χ1n) is 8.00. The summed E-state index contributed by atoms with van der Waals surface area (Å²) in [6.45, 7) is -0.279. The molecule has 1 atom stereocenters. The van der Waals surface area contributed by atoms with Crippen molar-refractivity contribution in [1.82, 2.24) is 5.32 Å². The Balaban J connectivity index is 1.78. The third kappa shape index (κ3) is 4.53. The van der Waals surface area contributed by atoms with Crippen molar-refractivity contribution in [2.75, 3.05) is 6.54 Å². The number of nitrogens with one attached hydrogen (secondary N) is 1. The van der Waals surface area contributed by atoms with E-state index in [1.165, 1.54) is 24.5 Å². The molecule has 1 unspecified atom stereocenters. The van der Waals surface area contributed by atoms with Crippen LogP contribution < -0.4 is 10.1 Å². The lowest BCUT2D eigenvalue weighted by molar-refractivity contribution is 0.200. The number of hydrogen-bond acceptors (Lipinski definition) is 5. The van der Waals surface area contributed by atoms with Crippen molar-refractivity contribution in [2.45, 2.75) is 10.1 Å². The number of para-hydroxylation sites is 1. The maximum atomic E-state index is 13.1. The molecular formula is C19H16FNO5S. The zero-order valence-corrected chi connectivity index (χ0v) is 14.9. The Labute approximate surface area is 155 Å². The van der Waals surface area contributed by atoms with E-state index >= 15 is 0 Å². The van der Waals surface area contributed by atoms with Crippen LogP contribution in [0.3, 0.4) is 0 Å². The second-order valence-corrected chi connectivity index (χ2v) is 7.72. The molecule has 1 heterocycles. The average molecular weight is 389 g/mol. The predicted octanol–water partition coefficient (Wildman–Crippen LogP) is 3.72. The predicted molar refractivity (Wildman–Crippen MR) is 95.5 cm³/mol. The Kier molecular flexibility index (Phi) is 5.56. The Morgan fingerprint density at radius 2 is 1.74 bits per heavy atom. The minimum absolute atomic E-state index is 0.0801. The van der Waals surface area contributed by atoms with Gasteiger partial charge in [-0.3, -0.25) is 0 Å². The molecule has 6 nitrogen and oxygen atoms in total. The third-order valence-corrected chi connectivity index (χ3v) is 5.84. The minimum Gasteiger partial charge on any atom is -0.468 e. The van der Waals surface area contributed by atoms with Gasteiger partial charge in [0.05, 0.1) is 11.2 Å². The lowest BCUT2D eigenvalue weighted by Gasteiger charge is -2.16. The van der Waals surface area contributed by atoms with Gasteiger partial charge in [0.2, 0.25) is 0 Å². The Morgan fingerprint density at radius 3 is 2.37 bits per heavy atom. The summed E-state index contributed by atoms with van der Waals surface area (Å²) >= 11 is 0. The van der Waals surface area contributed by atoms with Crippen LogP contribution in [0.2, 0.25) is 0 Å². The van der Waals surface area contributed by atoms with E-state index in [0.717, 1.165) is 12.1 Å². The summed E-state index contributed by atoms with van der Waals surface area (Å²) in [7, 11) is -3.94. The van der Waals surface area contributed by atoms with E-state index in [4.69, 9.17) is 9.15 Å². The molecule has 3 rings (SSSR count). The summed E-state index contributed by atoms with van der Waals surface area (Å²) in [5.41, 5.74) is 0. The molecule has 0 aliphatic carbocycles. The molecule has 8 heteroatoms.